The molecule has 2 aromatic carbocycles. The summed E-state index contributed by atoms with van der Waals surface area (Å²) in [6.07, 6.45) is 1.91. The van der Waals surface area contributed by atoms with Gasteiger partial charge in [0.2, 0.25) is 0 Å². The Balaban J connectivity index is 1.87. The van der Waals surface area contributed by atoms with Crippen molar-refractivity contribution in [2.24, 2.45) is 0 Å². The first-order chi connectivity index (χ1) is 12.1. The van der Waals surface area contributed by atoms with Gasteiger partial charge in [-0.2, -0.15) is 0 Å². The Bertz CT molecular complexity index is 1190. The molecule has 4 aromatic rings. The van der Waals surface area contributed by atoms with E-state index < -0.39 is 0 Å². The van der Waals surface area contributed by atoms with Gasteiger partial charge in [-0.1, -0.05) is 23.5 Å². The molecule has 2 aromatic heterocycles. The highest BCUT2D eigenvalue weighted by atomic mass is 32.1. The molecule has 126 valence electrons. The van der Waals surface area contributed by atoms with Gasteiger partial charge in [-0.15, -0.1) is 0 Å². The van der Waals surface area contributed by atoms with Gasteiger partial charge in [0.05, 0.1) is 22.2 Å². The third-order valence-electron chi connectivity index (χ3n) is 4.34. The summed E-state index contributed by atoms with van der Waals surface area (Å²) in [5, 5.41) is 0. The van der Waals surface area contributed by atoms with Crippen LogP contribution in [0.5, 0.6) is 5.75 Å². The van der Waals surface area contributed by atoms with Crippen molar-refractivity contribution in [2.75, 3.05) is 6.61 Å². The summed E-state index contributed by atoms with van der Waals surface area (Å²) in [7, 11) is 0. The molecule has 0 fully saturated rings. The average molecular weight is 350 g/mol. The van der Waals surface area contributed by atoms with E-state index >= 15 is 0 Å². The summed E-state index contributed by atoms with van der Waals surface area (Å²) in [5.41, 5.74) is 5.06. The number of aryl methyl sites for hydroxylation is 2. The van der Waals surface area contributed by atoms with Gasteiger partial charge in [-0.25, -0.2) is 9.38 Å². The molecule has 0 unspecified atom stereocenters. The van der Waals surface area contributed by atoms with Crippen LogP contribution in [0.25, 0.3) is 22.1 Å². The molecule has 0 aliphatic rings. The van der Waals surface area contributed by atoms with Crippen molar-refractivity contribution in [3.8, 4) is 5.75 Å². The van der Waals surface area contributed by atoms with Crippen LogP contribution in [0, 0.1) is 13.8 Å². The molecular weight excluding hydrogens is 332 g/mol. The summed E-state index contributed by atoms with van der Waals surface area (Å²) in [6, 6.07) is 11.8. The first-order valence-electron chi connectivity index (χ1n) is 8.23. The summed E-state index contributed by atoms with van der Waals surface area (Å²) in [4.78, 5) is 18.2. The van der Waals surface area contributed by atoms with Crippen molar-refractivity contribution in [1.82, 2.24) is 9.38 Å². The van der Waals surface area contributed by atoms with E-state index in [1.54, 1.807) is 4.40 Å². The van der Waals surface area contributed by atoms with Crippen LogP contribution in [-0.4, -0.2) is 16.0 Å². The first kappa shape index (κ1) is 15.8. The zero-order chi connectivity index (χ0) is 17.6. The molecule has 0 aliphatic heterocycles. The molecule has 0 saturated heterocycles. The fraction of sp³-hybridized carbons (Fsp3) is 0.200. The van der Waals surface area contributed by atoms with Gasteiger partial charge in [0.15, 0.2) is 4.96 Å². The van der Waals surface area contributed by atoms with Gasteiger partial charge in [0.1, 0.15) is 5.75 Å². The number of thiazole rings is 1. The third kappa shape index (κ3) is 2.70. The van der Waals surface area contributed by atoms with Gasteiger partial charge in [0.25, 0.3) is 5.56 Å². The lowest BCUT2D eigenvalue weighted by molar-refractivity contribution is 0.340. The highest BCUT2D eigenvalue weighted by Crippen LogP contribution is 2.20. The molecule has 0 saturated carbocycles. The lowest BCUT2D eigenvalue weighted by Gasteiger charge is -2.01. The number of ether oxygens (including phenoxy) is 1. The van der Waals surface area contributed by atoms with Crippen LogP contribution in [0.3, 0.4) is 0 Å². The number of hydrogen-bond donors (Lipinski definition) is 0. The maximum Gasteiger partial charge on any atom is 0.274 e. The van der Waals surface area contributed by atoms with E-state index in [4.69, 9.17) is 4.74 Å². The first-order valence-corrected chi connectivity index (χ1v) is 9.05. The molecule has 2 heterocycles. The van der Waals surface area contributed by atoms with Crippen LogP contribution in [0.4, 0.5) is 0 Å². The van der Waals surface area contributed by atoms with E-state index in [1.165, 1.54) is 16.9 Å². The minimum Gasteiger partial charge on any atom is -0.494 e. The topological polar surface area (TPSA) is 43.6 Å². The SMILES string of the molecule is CCOc1ccc(/C=c2/sc3nc4cc(C)c(C)cc4n3c2=O)cc1. The number of benzene rings is 2. The third-order valence-corrected chi connectivity index (χ3v) is 5.31. The standard InChI is InChI=1S/C20H18N2O2S/c1-4-24-15-7-5-14(6-8-15)11-18-19(23)22-17-10-13(3)12(2)9-16(17)21-20(22)25-18/h5-11H,4H2,1-3H3/b18-11+. The van der Waals surface area contributed by atoms with Gasteiger partial charge >= 0.3 is 0 Å². The molecule has 5 heteroatoms. The summed E-state index contributed by atoms with van der Waals surface area (Å²) < 4.78 is 7.85. The summed E-state index contributed by atoms with van der Waals surface area (Å²) in [5.74, 6) is 0.833. The van der Waals surface area contributed by atoms with E-state index in [2.05, 4.69) is 18.8 Å². The predicted octanol–water partition coefficient (Wildman–Crippen LogP) is 3.47. The van der Waals surface area contributed by atoms with Crippen LogP contribution in [0.15, 0.2) is 41.2 Å². The maximum absolute atomic E-state index is 12.9. The van der Waals surface area contributed by atoms with Crippen LogP contribution in [0.2, 0.25) is 0 Å². The zero-order valence-electron chi connectivity index (χ0n) is 14.4. The second kappa shape index (κ2) is 6.01. The number of rotatable bonds is 3. The van der Waals surface area contributed by atoms with E-state index in [0.29, 0.717) is 11.1 Å². The molecule has 0 spiro atoms. The van der Waals surface area contributed by atoms with Gasteiger partial charge in [0, 0.05) is 0 Å². The highest BCUT2D eigenvalue weighted by Gasteiger charge is 2.12. The van der Waals surface area contributed by atoms with Crippen LogP contribution in [0.1, 0.15) is 23.6 Å². The Morgan fingerprint density at radius 1 is 1.16 bits per heavy atom. The minimum absolute atomic E-state index is 0.0142. The lowest BCUT2D eigenvalue weighted by Crippen LogP contribution is -2.22. The number of imidazole rings is 1. The van der Waals surface area contributed by atoms with Crippen LogP contribution >= 0.6 is 11.3 Å². The number of nitrogens with zero attached hydrogens (tertiary/aromatic N) is 2. The van der Waals surface area contributed by atoms with Gasteiger partial charge < -0.3 is 4.74 Å². The largest absolute Gasteiger partial charge is 0.494 e. The minimum atomic E-state index is -0.0142. The second-order valence-electron chi connectivity index (χ2n) is 6.07. The number of fused-ring (bicyclic) bond motifs is 3. The smallest absolute Gasteiger partial charge is 0.274 e. The van der Waals surface area contributed by atoms with E-state index in [1.807, 2.05) is 49.4 Å². The Hall–Kier alpha value is -2.66. The quantitative estimate of drug-likeness (QED) is 0.568. The van der Waals surface area contributed by atoms with Crippen molar-refractivity contribution < 1.29 is 4.74 Å². The molecule has 0 bridgehead atoms. The molecule has 0 N–H and O–H groups in total. The molecule has 25 heavy (non-hydrogen) atoms. The predicted molar refractivity (Wildman–Crippen MR) is 103 cm³/mol. The fourth-order valence-corrected chi connectivity index (χ4v) is 3.88. The monoisotopic (exact) mass is 350 g/mol. The van der Waals surface area contributed by atoms with Crippen molar-refractivity contribution >= 4 is 33.4 Å². The van der Waals surface area contributed by atoms with E-state index in [-0.39, 0.29) is 5.56 Å². The van der Waals surface area contributed by atoms with Crippen molar-refractivity contribution in [3.05, 3.63) is 68.0 Å². The van der Waals surface area contributed by atoms with Gasteiger partial charge in [-0.3, -0.25) is 4.79 Å². The molecule has 0 atom stereocenters. The second-order valence-corrected chi connectivity index (χ2v) is 7.08. The molecular formula is C20H18N2O2S. The molecule has 0 aliphatic carbocycles. The lowest BCUT2D eigenvalue weighted by atomic mass is 10.1. The van der Waals surface area contributed by atoms with Crippen molar-refractivity contribution in [2.45, 2.75) is 20.8 Å². The molecule has 0 amide bonds. The normalized spacial score (nSPS) is 12.4. The molecule has 4 rings (SSSR count). The maximum atomic E-state index is 12.9. The Kier molecular flexibility index (Phi) is 3.81. The van der Waals surface area contributed by atoms with Gasteiger partial charge in [-0.05, 0) is 67.8 Å². The average Bonchev–Trinajstić information content (AvgIpc) is 3.07. The molecule has 4 nitrogen and oxygen atoms in total. The summed E-state index contributed by atoms with van der Waals surface area (Å²) in [6.45, 7) is 6.71. The van der Waals surface area contributed by atoms with Crippen molar-refractivity contribution in [3.63, 3.8) is 0 Å². The fourth-order valence-electron chi connectivity index (χ4n) is 2.90. The molecule has 0 radical (unpaired) electrons. The van der Waals surface area contributed by atoms with E-state index in [0.717, 1.165) is 32.9 Å². The summed E-state index contributed by atoms with van der Waals surface area (Å²) >= 11 is 1.42. The van der Waals surface area contributed by atoms with E-state index in [9.17, 15) is 4.79 Å². The zero-order valence-corrected chi connectivity index (χ0v) is 15.2. The van der Waals surface area contributed by atoms with Crippen LogP contribution < -0.4 is 14.8 Å². The van der Waals surface area contributed by atoms with Crippen LogP contribution in [-0.2, 0) is 0 Å². The number of hydrogen-bond acceptors (Lipinski definition) is 4. The Labute approximate surface area is 149 Å². The van der Waals surface area contributed by atoms with Crippen molar-refractivity contribution in [1.29, 1.82) is 0 Å². The number of aromatic nitrogens is 2. The highest BCUT2D eigenvalue weighted by molar-refractivity contribution is 7.15. The Morgan fingerprint density at radius 3 is 2.60 bits per heavy atom. The Morgan fingerprint density at radius 2 is 1.88 bits per heavy atom.